The highest BCUT2D eigenvalue weighted by Gasteiger charge is 2.05. The van der Waals surface area contributed by atoms with Crippen LogP contribution < -0.4 is 11.1 Å². The molecule has 19 heavy (non-hydrogen) atoms. The van der Waals surface area contributed by atoms with Gasteiger partial charge in [-0.1, -0.05) is 6.07 Å². The van der Waals surface area contributed by atoms with Gasteiger partial charge in [0.1, 0.15) is 0 Å². The van der Waals surface area contributed by atoms with Crippen molar-refractivity contribution in [2.45, 2.75) is 13.3 Å². The summed E-state index contributed by atoms with van der Waals surface area (Å²) >= 11 is 1.39. The van der Waals surface area contributed by atoms with Crippen LogP contribution >= 0.6 is 11.8 Å². The maximum atomic E-state index is 11.6. The molecule has 0 radical (unpaired) electrons. The predicted molar refractivity (Wildman–Crippen MR) is 78.2 cm³/mol. The second kappa shape index (κ2) is 7.68. The fourth-order valence-corrected chi connectivity index (χ4v) is 2.05. The van der Waals surface area contributed by atoms with E-state index >= 15 is 0 Å². The van der Waals surface area contributed by atoms with Crippen LogP contribution in [0.4, 0.5) is 11.4 Å². The molecule has 0 spiro atoms. The summed E-state index contributed by atoms with van der Waals surface area (Å²) in [6.45, 7) is 1.91. The Kier molecular flexibility index (Phi) is 6.21. The van der Waals surface area contributed by atoms with Gasteiger partial charge in [-0.25, -0.2) is 0 Å². The van der Waals surface area contributed by atoms with Gasteiger partial charge in [0.15, 0.2) is 0 Å². The number of anilines is 2. The number of hydrogen-bond donors (Lipinski definition) is 2. The molecule has 0 fully saturated rings. The van der Waals surface area contributed by atoms with E-state index in [1.165, 1.54) is 18.9 Å². The number of thioether (sulfide) groups is 1. The van der Waals surface area contributed by atoms with Crippen molar-refractivity contribution in [2.75, 3.05) is 29.7 Å². The van der Waals surface area contributed by atoms with E-state index in [4.69, 9.17) is 5.73 Å². The number of rotatable bonds is 6. The molecule has 0 atom stereocenters. The lowest BCUT2D eigenvalue weighted by Crippen LogP contribution is -2.15. The topological polar surface area (TPSA) is 81.4 Å². The van der Waals surface area contributed by atoms with E-state index in [0.717, 1.165) is 5.56 Å². The average Bonchev–Trinajstić information content (AvgIpc) is 2.38. The fraction of sp³-hybridized carbons (Fsp3) is 0.385. The Balaban J connectivity index is 2.31. The Hall–Kier alpha value is -1.69. The lowest BCUT2D eigenvalue weighted by atomic mass is 10.2. The Morgan fingerprint density at radius 1 is 1.42 bits per heavy atom. The SMILES string of the molecule is COC(=O)CCSCC(=O)Nc1ccc(C)c(N)c1. The molecule has 0 saturated carbocycles. The van der Waals surface area contributed by atoms with E-state index < -0.39 is 0 Å². The molecule has 1 amide bonds. The van der Waals surface area contributed by atoms with E-state index in [9.17, 15) is 9.59 Å². The van der Waals surface area contributed by atoms with Crippen LogP contribution in [-0.4, -0.2) is 30.5 Å². The molecule has 0 heterocycles. The largest absolute Gasteiger partial charge is 0.469 e. The highest BCUT2D eigenvalue weighted by atomic mass is 32.2. The first-order chi connectivity index (χ1) is 9.02. The third kappa shape index (κ3) is 5.65. The van der Waals surface area contributed by atoms with Crippen molar-refractivity contribution in [1.29, 1.82) is 0 Å². The summed E-state index contributed by atoms with van der Waals surface area (Å²) in [6, 6.07) is 5.39. The monoisotopic (exact) mass is 282 g/mol. The van der Waals surface area contributed by atoms with Gasteiger partial charge in [0, 0.05) is 17.1 Å². The number of nitrogen functional groups attached to an aromatic ring is 1. The van der Waals surface area contributed by atoms with Crippen LogP contribution in [0.5, 0.6) is 0 Å². The zero-order valence-electron chi connectivity index (χ0n) is 11.1. The van der Waals surface area contributed by atoms with Crippen LogP contribution in [-0.2, 0) is 14.3 Å². The van der Waals surface area contributed by atoms with Crippen LogP contribution in [0.15, 0.2) is 18.2 Å². The molecular weight excluding hydrogens is 264 g/mol. The maximum absolute atomic E-state index is 11.6. The van der Waals surface area contributed by atoms with Gasteiger partial charge < -0.3 is 15.8 Å². The predicted octanol–water partition coefficient (Wildman–Crippen LogP) is 1.81. The van der Waals surface area contributed by atoms with E-state index in [2.05, 4.69) is 10.1 Å². The quantitative estimate of drug-likeness (QED) is 0.472. The maximum Gasteiger partial charge on any atom is 0.306 e. The zero-order valence-corrected chi connectivity index (χ0v) is 11.9. The molecule has 0 unspecified atom stereocenters. The number of nitrogens with one attached hydrogen (secondary N) is 1. The summed E-state index contributed by atoms with van der Waals surface area (Å²) in [5, 5.41) is 2.76. The van der Waals surface area contributed by atoms with Crippen molar-refractivity contribution in [2.24, 2.45) is 0 Å². The van der Waals surface area contributed by atoms with Crippen molar-refractivity contribution in [3.8, 4) is 0 Å². The summed E-state index contributed by atoms with van der Waals surface area (Å²) in [6.07, 6.45) is 0.311. The third-order valence-corrected chi connectivity index (χ3v) is 3.43. The third-order valence-electron chi connectivity index (χ3n) is 2.47. The van der Waals surface area contributed by atoms with Crippen LogP contribution in [0, 0.1) is 6.92 Å². The molecule has 0 aromatic heterocycles. The van der Waals surface area contributed by atoms with E-state index in [0.29, 0.717) is 29.3 Å². The molecule has 1 aromatic rings. The molecule has 1 rings (SSSR count). The van der Waals surface area contributed by atoms with Gasteiger partial charge in [-0.2, -0.15) is 11.8 Å². The Labute approximate surface area is 116 Å². The number of amides is 1. The average molecular weight is 282 g/mol. The Morgan fingerprint density at radius 2 is 2.16 bits per heavy atom. The van der Waals surface area contributed by atoms with E-state index in [1.807, 2.05) is 19.1 Å². The molecule has 3 N–H and O–H groups in total. The normalized spacial score (nSPS) is 10.0. The number of esters is 1. The fourth-order valence-electron chi connectivity index (χ4n) is 1.34. The first-order valence-electron chi connectivity index (χ1n) is 5.83. The van der Waals surface area contributed by atoms with Gasteiger partial charge in [-0.3, -0.25) is 9.59 Å². The van der Waals surface area contributed by atoms with Gasteiger partial charge in [0.05, 0.1) is 19.3 Å². The molecular formula is C13H18N2O3S. The summed E-state index contributed by atoms with van der Waals surface area (Å²) in [7, 11) is 1.35. The van der Waals surface area contributed by atoms with Crippen LogP contribution in [0.3, 0.4) is 0 Å². The number of carbonyl (C=O) groups is 2. The van der Waals surface area contributed by atoms with Crippen molar-refractivity contribution in [3.63, 3.8) is 0 Å². The van der Waals surface area contributed by atoms with Gasteiger partial charge in [-0.05, 0) is 24.6 Å². The highest BCUT2D eigenvalue weighted by molar-refractivity contribution is 7.99. The van der Waals surface area contributed by atoms with Crippen LogP contribution in [0.2, 0.25) is 0 Å². The molecule has 6 heteroatoms. The number of ether oxygens (including phenoxy) is 1. The van der Waals surface area contributed by atoms with E-state index in [-0.39, 0.29) is 11.9 Å². The number of benzene rings is 1. The lowest BCUT2D eigenvalue weighted by Gasteiger charge is -2.07. The smallest absolute Gasteiger partial charge is 0.306 e. The summed E-state index contributed by atoms with van der Waals surface area (Å²) in [5.74, 6) is 0.485. The summed E-state index contributed by atoms with van der Waals surface area (Å²) in [4.78, 5) is 22.5. The minimum atomic E-state index is -0.265. The molecule has 104 valence electrons. The minimum Gasteiger partial charge on any atom is -0.469 e. The van der Waals surface area contributed by atoms with Gasteiger partial charge in [0.2, 0.25) is 5.91 Å². The number of hydrogen-bond acceptors (Lipinski definition) is 5. The molecule has 0 aliphatic heterocycles. The van der Waals surface area contributed by atoms with Crippen molar-refractivity contribution < 1.29 is 14.3 Å². The lowest BCUT2D eigenvalue weighted by molar-refractivity contribution is -0.140. The molecule has 0 aliphatic rings. The standard InChI is InChI=1S/C13H18N2O3S/c1-9-3-4-10(7-11(9)14)15-12(16)8-19-6-5-13(17)18-2/h3-4,7H,5-6,8,14H2,1-2H3,(H,15,16). The number of methoxy groups -OCH3 is 1. The van der Waals surface area contributed by atoms with E-state index in [1.54, 1.807) is 6.07 Å². The molecule has 0 aliphatic carbocycles. The Bertz CT molecular complexity index is 463. The van der Waals surface area contributed by atoms with Crippen molar-refractivity contribution in [3.05, 3.63) is 23.8 Å². The number of aryl methyl sites for hydroxylation is 1. The minimum absolute atomic E-state index is 0.113. The second-order valence-corrected chi connectivity index (χ2v) is 5.10. The zero-order chi connectivity index (χ0) is 14.3. The summed E-state index contributed by atoms with van der Waals surface area (Å²) < 4.78 is 4.51. The second-order valence-electron chi connectivity index (χ2n) is 4.00. The van der Waals surface area contributed by atoms with Gasteiger partial charge >= 0.3 is 5.97 Å². The Morgan fingerprint density at radius 3 is 2.79 bits per heavy atom. The molecule has 0 bridgehead atoms. The highest BCUT2D eigenvalue weighted by Crippen LogP contribution is 2.17. The molecule has 0 saturated heterocycles. The number of carbonyl (C=O) groups excluding carboxylic acids is 2. The molecule has 1 aromatic carbocycles. The van der Waals surface area contributed by atoms with Crippen molar-refractivity contribution in [1.82, 2.24) is 0 Å². The first kappa shape index (κ1) is 15.4. The molecule has 5 nitrogen and oxygen atoms in total. The first-order valence-corrected chi connectivity index (χ1v) is 6.99. The van der Waals surface area contributed by atoms with Crippen LogP contribution in [0.1, 0.15) is 12.0 Å². The van der Waals surface area contributed by atoms with Crippen molar-refractivity contribution >= 4 is 35.0 Å². The van der Waals surface area contributed by atoms with Gasteiger partial charge in [-0.15, -0.1) is 0 Å². The van der Waals surface area contributed by atoms with Gasteiger partial charge in [0.25, 0.3) is 0 Å². The number of nitrogens with two attached hydrogens (primary N) is 1. The summed E-state index contributed by atoms with van der Waals surface area (Å²) in [5.41, 5.74) is 8.07. The van der Waals surface area contributed by atoms with Crippen LogP contribution in [0.25, 0.3) is 0 Å².